The number of rotatable bonds is 5. The summed E-state index contributed by atoms with van der Waals surface area (Å²) in [5.74, 6) is 0.0227. The van der Waals surface area contributed by atoms with E-state index in [0.717, 1.165) is 22.8 Å². The number of nitrogens with one attached hydrogen (secondary N) is 1. The molecule has 0 fully saturated rings. The molecule has 0 unspecified atom stereocenters. The Morgan fingerprint density at radius 3 is 2.40 bits per heavy atom. The van der Waals surface area contributed by atoms with Gasteiger partial charge in [-0.3, -0.25) is 14.3 Å². The molecule has 0 spiro atoms. The van der Waals surface area contributed by atoms with Crippen LogP contribution in [0.5, 0.6) is 5.88 Å². The predicted molar refractivity (Wildman–Crippen MR) is 86.6 cm³/mol. The lowest BCUT2D eigenvalue weighted by Crippen LogP contribution is -2.36. The maximum atomic E-state index is 12.8. The van der Waals surface area contributed by atoms with Crippen LogP contribution in [-0.2, 0) is 12.7 Å². The molecule has 0 saturated carbocycles. The lowest BCUT2D eigenvalue weighted by Gasteiger charge is -2.17. The molecular weight excluding hydrogens is 337 g/mol. The molecule has 0 aliphatic carbocycles. The summed E-state index contributed by atoms with van der Waals surface area (Å²) in [6.07, 6.45) is -5.24. The maximum Gasteiger partial charge on any atom is 0.416 e. The van der Waals surface area contributed by atoms with Crippen molar-refractivity contribution < 1.29 is 17.9 Å². The highest BCUT2D eigenvalue weighted by molar-refractivity contribution is 5.27. The van der Waals surface area contributed by atoms with Gasteiger partial charge >= 0.3 is 11.9 Å². The highest BCUT2D eigenvalue weighted by atomic mass is 19.4. The molecule has 0 aliphatic rings. The van der Waals surface area contributed by atoms with E-state index < -0.39 is 29.1 Å². The number of alkyl halides is 3. The van der Waals surface area contributed by atoms with Gasteiger partial charge in [0, 0.05) is 6.54 Å². The minimum absolute atomic E-state index is 0.0834. The molecule has 0 bridgehead atoms. The first kappa shape index (κ1) is 18.8. The van der Waals surface area contributed by atoms with Crippen LogP contribution >= 0.6 is 0 Å². The van der Waals surface area contributed by atoms with Crippen molar-refractivity contribution in [2.75, 3.05) is 0 Å². The largest absolute Gasteiger partial charge is 0.471 e. The van der Waals surface area contributed by atoms with E-state index in [1.54, 1.807) is 0 Å². The number of aromatic nitrogens is 2. The first-order valence-electron chi connectivity index (χ1n) is 7.76. The zero-order valence-electron chi connectivity index (χ0n) is 14.1. The van der Waals surface area contributed by atoms with Crippen molar-refractivity contribution in [2.45, 2.75) is 39.6 Å². The minimum Gasteiger partial charge on any atom is -0.471 e. The molecule has 2 rings (SSSR count). The van der Waals surface area contributed by atoms with Crippen molar-refractivity contribution in [1.82, 2.24) is 9.55 Å². The molecule has 5 nitrogen and oxygen atoms in total. The SMILES string of the molecule is CC(C)Cn1c(=O)cc(O[C@@H](C)c2cccc(C(F)(F)F)c2)[nH]c1=O. The number of nitrogens with zero attached hydrogens (tertiary/aromatic N) is 1. The summed E-state index contributed by atoms with van der Waals surface area (Å²) in [6, 6.07) is 5.82. The molecule has 1 aromatic carbocycles. The van der Waals surface area contributed by atoms with Crippen molar-refractivity contribution >= 4 is 0 Å². The summed E-state index contributed by atoms with van der Waals surface area (Å²) in [6.45, 7) is 5.53. The Labute approximate surface area is 142 Å². The van der Waals surface area contributed by atoms with Crippen LogP contribution in [0.2, 0.25) is 0 Å². The zero-order chi connectivity index (χ0) is 18.8. The number of hydrogen-bond acceptors (Lipinski definition) is 3. The average molecular weight is 356 g/mol. The molecule has 1 heterocycles. The van der Waals surface area contributed by atoms with Crippen LogP contribution in [-0.4, -0.2) is 9.55 Å². The normalized spacial score (nSPS) is 13.1. The molecule has 2 aromatic rings. The van der Waals surface area contributed by atoms with Crippen LogP contribution in [0, 0.1) is 5.92 Å². The molecule has 8 heteroatoms. The van der Waals surface area contributed by atoms with Crippen molar-refractivity contribution in [2.24, 2.45) is 5.92 Å². The second-order valence-corrected chi connectivity index (χ2v) is 6.16. The lowest BCUT2D eigenvalue weighted by molar-refractivity contribution is -0.137. The van der Waals surface area contributed by atoms with E-state index >= 15 is 0 Å². The van der Waals surface area contributed by atoms with E-state index in [0.29, 0.717) is 0 Å². The number of halogens is 3. The van der Waals surface area contributed by atoms with Crippen LogP contribution < -0.4 is 16.0 Å². The van der Waals surface area contributed by atoms with E-state index in [1.807, 2.05) is 13.8 Å². The monoisotopic (exact) mass is 356 g/mol. The Bertz CT molecular complexity index is 822. The Morgan fingerprint density at radius 2 is 1.84 bits per heavy atom. The van der Waals surface area contributed by atoms with Gasteiger partial charge in [-0.2, -0.15) is 13.2 Å². The molecule has 25 heavy (non-hydrogen) atoms. The third-order valence-electron chi connectivity index (χ3n) is 3.53. The van der Waals surface area contributed by atoms with Gasteiger partial charge in [-0.05, 0) is 30.5 Å². The van der Waals surface area contributed by atoms with Crippen LogP contribution in [0.1, 0.15) is 38.0 Å². The van der Waals surface area contributed by atoms with E-state index in [4.69, 9.17) is 4.74 Å². The lowest BCUT2D eigenvalue weighted by atomic mass is 10.1. The number of hydrogen-bond donors (Lipinski definition) is 1. The summed E-state index contributed by atoms with van der Waals surface area (Å²) >= 11 is 0. The number of H-pyrrole nitrogens is 1. The molecule has 136 valence electrons. The van der Waals surface area contributed by atoms with Crippen molar-refractivity contribution in [3.8, 4) is 5.88 Å². The minimum atomic E-state index is -4.46. The van der Waals surface area contributed by atoms with Crippen LogP contribution in [0.25, 0.3) is 0 Å². The third-order valence-corrected chi connectivity index (χ3v) is 3.53. The summed E-state index contributed by atoms with van der Waals surface area (Å²) < 4.78 is 44.8. The first-order valence-corrected chi connectivity index (χ1v) is 7.76. The third kappa shape index (κ3) is 4.74. The zero-order valence-corrected chi connectivity index (χ0v) is 14.1. The van der Waals surface area contributed by atoms with Gasteiger partial charge < -0.3 is 4.74 Å². The van der Waals surface area contributed by atoms with Crippen molar-refractivity contribution in [3.05, 3.63) is 62.3 Å². The Morgan fingerprint density at radius 1 is 1.16 bits per heavy atom. The van der Waals surface area contributed by atoms with Crippen LogP contribution in [0.15, 0.2) is 39.9 Å². The molecule has 0 amide bonds. The Kier molecular flexibility index (Phi) is 5.39. The standard InChI is InChI=1S/C17H19F3N2O3/c1-10(2)9-22-15(23)8-14(21-16(22)24)25-11(3)12-5-4-6-13(7-12)17(18,19)20/h4-8,10-11H,9H2,1-3H3,(H,21,24)/t11-/m0/s1. The summed E-state index contributed by atoms with van der Waals surface area (Å²) in [7, 11) is 0. The highest BCUT2D eigenvalue weighted by Gasteiger charge is 2.30. The Balaban J connectivity index is 2.25. The molecule has 0 aliphatic heterocycles. The van der Waals surface area contributed by atoms with E-state index in [9.17, 15) is 22.8 Å². The van der Waals surface area contributed by atoms with Gasteiger partial charge in [-0.25, -0.2) is 4.79 Å². The molecule has 0 saturated heterocycles. The topological polar surface area (TPSA) is 64.1 Å². The van der Waals surface area contributed by atoms with E-state index in [2.05, 4.69) is 4.98 Å². The van der Waals surface area contributed by atoms with Crippen molar-refractivity contribution in [3.63, 3.8) is 0 Å². The van der Waals surface area contributed by atoms with Gasteiger partial charge in [0.2, 0.25) is 5.88 Å². The van der Waals surface area contributed by atoms with Crippen molar-refractivity contribution in [1.29, 1.82) is 0 Å². The quantitative estimate of drug-likeness (QED) is 0.894. The number of aromatic amines is 1. The van der Waals surface area contributed by atoms with Crippen LogP contribution in [0.4, 0.5) is 13.2 Å². The second kappa shape index (κ2) is 7.16. The summed E-state index contributed by atoms with van der Waals surface area (Å²) in [5, 5.41) is 0. The number of benzene rings is 1. The molecule has 1 atom stereocenters. The summed E-state index contributed by atoms with van der Waals surface area (Å²) in [4.78, 5) is 26.4. The predicted octanol–water partition coefficient (Wildman–Crippen LogP) is 3.35. The average Bonchev–Trinajstić information content (AvgIpc) is 2.50. The fourth-order valence-corrected chi connectivity index (χ4v) is 2.33. The van der Waals surface area contributed by atoms with Gasteiger partial charge in [-0.1, -0.05) is 26.0 Å². The first-order chi connectivity index (χ1) is 11.6. The van der Waals surface area contributed by atoms with E-state index in [-0.39, 0.29) is 23.9 Å². The molecular formula is C17H19F3N2O3. The van der Waals surface area contributed by atoms with Gasteiger partial charge in [0.25, 0.3) is 5.56 Å². The summed E-state index contributed by atoms with van der Waals surface area (Å²) in [5.41, 5.74) is -1.65. The fraction of sp³-hybridized carbons (Fsp3) is 0.412. The van der Waals surface area contributed by atoms with Crippen LogP contribution in [0.3, 0.4) is 0 Å². The molecule has 1 N–H and O–H groups in total. The van der Waals surface area contributed by atoms with Gasteiger partial charge in [0.05, 0.1) is 11.6 Å². The maximum absolute atomic E-state index is 12.8. The highest BCUT2D eigenvalue weighted by Crippen LogP contribution is 2.31. The van der Waals surface area contributed by atoms with E-state index in [1.165, 1.54) is 19.1 Å². The van der Waals surface area contributed by atoms with Gasteiger partial charge in [0.1, 0.15) is 6.10 Å². The molecule has 1 aromatic heterocycles. The van der Waals surface area contributed by atoms with Gasteiger partial charge in [0.15, 0.2) is 0 Å². The second-order valence-electron chi connectivity index (χ2n) is 6.16. The van der Waals surface area contributed by atoms with Gasteiger partial charge in [-0.15, -0.1) is 0 Å². The molecule has 0 radical (unpaired) electrons. The smallest absolute Gasteiger partial charge is 0.416 e. The Hall–Kier alpha value is -2.51. The number of ether oxygens (including phenoxy) is 1. The fourth-order valence-electron chi connectivity index (χ4n) is 2.33.